The standard InChI is InChI=1S/C16H28ClN3/c1-5-20-14(15(17)13(4)19-20)10-16(8-6-7-9-16)11-18-12(2)3/h12,18H,5-11H2,1-4H3. The lowest BCUT2D eigenvalue weighted by Gasteiger charge is -2.31. The minimum Gasteiger partial charge on any atom is -0.314 e. The van der Waals surface area contributed by atoms with Crippen molar-refractivity contribution in [3.63, 3.8) is 0 Å². The van der Waals surface area contributed by atoms with Gasteiger partial charge in [0.15, 0.2) is 0 Å². The van der Waals surface area contributed by atoms with Gasteiger partial charge in [-0.15, -0.1) is 0 Å². The minimum absolute atomic E-state index is 0.368. The van der Waals surface area contributed by atoms with Crippen molar-refractivity contribution in [1.82, 2.24) is 15.1 Å². The third-order valence-corrected chi connectivity index (χ3v) is 5.04. The van der Waals surface area contributed by atoms with Crippen LogP contribution in [0.5, 0.6) is 0 Å². The Labute approximate surface area is 128 Å². The third-order valence-electron chi connectivity index (χ3n) is 4.54. The molecular formula is C16H28ClN3. The first-order valence-electron chi connectivity index (χ1n) is 7.92. The third kappa shape index (κ3) is 3.37. The molecule has 0 bridgehead atoms. The average molecular weight is 298 g/mol. The van der Waals surface area contributed by atoms with Crippen molar-refractivity contribution in [3.8, 4) is 0 Å². The molecule has 4 heteroatoms. The summed E-state index contributed by atoms with van der Waals surface area (Å²) in [6.45, 7) is 10.6. The van der Waals surface area contributed by atoms with Crippen molar-refractivity contribution in [2.24, 2.45) is 5.41 Å². The van der Waals surface area contributed by atoms with E-state index in [1.165, 1.54) is 31.4 Å². The van der Waals surface area contributed by atoms with Crippen LogP contribution in [0, 0.1) is 12.3 Å². The van der Waals surface area contributed by atoms with E-state index in [0.717, 1.165) is 30.2 Å². The van der Waals surface area contributed by atoms with Crippen LogP contribution >= 0.6 is 11.6 Å². The molecule has 1 aliphatic carbocycles. The highest BCUT2D eigenvalue weighted by molar-refractivity contribution is 6.31. The molecule has 1 heterocycles. The van der Waals surface area contributed by atoms with E-state index in [2.05, 4.69) is 35.9 Å². The highest BCUT2D eigenvalue weighted by Crippen LogP contribution is 2.42. The van der Waals surface area contributed by atoms with Crippen LogP contribution in [-0.2, 0) is 13.0 Å². The van der Waals surface area contributed by atoms with Crippen LogP contribution in [0.2, 0.25) is 5.02 Å². The lowest BCUT2D eigenvalue weighted by atomic mass is 9.81. The van der Waals surface area contributed by atoms with Gasteiger partial charge in [0.25, 0.3) is 0 Å². The second kappa shape index (κ2) is 6.48. The average Bonchev–Trinajstić information content (AvgIpc) is 2.97. The van der Waals surface area contributed by atoms with E-state index in [4.69, 9.17) is 11.6 Å². The summed E-state index contributed by atoms with van der Waals surface area (Å²) in [5.41, 5.74) is 2.57. The van der Waals surface area contributed by atoms with E-state index < -0.39 is 0 Å². The Balaban J connectivity index is 2.20. The summed E-state index contributed by atoms with van der Waals surface area (Å²) in [5.74, 6) is 0. The van der Waals surface area contributed by atoms with Crippen molar-refractivity contribution >= 4 is 11.6 Å². The zero-order valence-corrected chi connectivity index (χ0v) is 14.1. The molecule has 1 aromatic rings. The van der Waals surface area contributed by atoms with Gasteiger partial charge in [-0.1, -0.05) is 38.3 Å². The molecule has 0 unspecified atom stereocenters. The summed E-state index contributed by atoms with van der Waals surface area (Å²) in [4.78, 5) is 0. The fraction of sp³-hybridized carbons (Fsp3) is 0.812. The molecule has 0 saturated heterocycles. The molecule has 1 N–H and O–H groups in total. The Bertz CT molecular complexity index is 445. The van der Waals surface area contributed by atoms with E-state index in [1.807, 2.05) is 6.92 Å². The van der Waals surface area contributed by atoms with Gasteiger partial charge in [-0.25, -0.2) is 0 Å². The number of aryl methyl sites for hydroxylation is 2. The predicted molar refractivity (Wildman–Crippen MR) is 85.4 cm³/mol. The topological polar surface area (TPSA) is 29.9 Å². The first-order chi connectivity index (χ1) is 9.47. The van der Waals surface area contributed by atoms with Crippen LogP contribution < -0.4 is 5.32 Å². The first kappa shape index (κ1) is 15.8. The molecule has 1 aromatic heterocycles. The molecule has 0 spiro atoms. The van der Waals surface area contributed by atoms with Gasteiger partial charge in [-0.3, -0.25) is 4.68 Å². The second-order valence-electron chi connectivity index (χ2n) is 6.58. The smallest absolute Gasteiger partial charge is 0.0847 e. The van der Waals surface area contributed by atoms with Crippen molar-refractivity contribution in [3.05, 3.63) is 16.4 Å². The summed E-state index contributed by atoms with van der Waals surface area (Å²) in [6.07, 6.45) is 6.35. The monoisotopic (exact) mass is 297 g/mol. The molecule has 20 heavy (non-hydrogen) atoms. The SMILES string of the molecule is CCn1nc(C)c(Cl)c1CC1(CNC(C)C)CCCC1. The van der Waals surface area contributed by atoms with Gasteiger partial charge < -0.3 is 5.32 Å². The molecule has 114 valence electrons. The van der Waals surface area contributed by atoms with Crippen LogP contribution in [0.3, 0.4) is 0 Å². The molecule has 0 aromatic carbocycles. The maximum atomic E-state index is 6.49. The second-order valence-corrected chi connectivity index (χ2v) is 6.96. The summed E-state index contributed by atoms with van der Waals surface area (Å²) >= 11 is 6.49. The van der Waals surface area contributed by atoms with Crippen LogP contribution in [0.15, 0.2) is 0 Å². The van der Waals surface area contributed by atoms with Crippen molar-refractivity contribution in [1.29, 1.82) is 0 Å². The lowest BCUT2D eigenvalue weighted by Crippen LogP contribution is -2.37. The summed E-state index contributed by atoms with van der Waals surface area (Å²) in [6, 6.07) is 0.542. The van der Waals surface area contributed by atoms with Gasteiger partial charge in [0.05, 0.1) is 16.4 Å². The molecular weight excluding hydrogens is 270 g/mol. The Hall–Kier alpha value is -0.540. The Morgan fingerprint density at radius 3 is 2.55 bits per heavy atom. The van der Waals surface area contributed by atoms with Gasteiger partial charge in [0.2, 0.25) is 0 Å². The van der Waals surface area contributed by atoms with Gasteiger partial charge in [-0.05, 0) is 38.5 Å². The van der Waals surface area contributed by atoms with E-state index in [9.17, 15) is 0 Å². The fourth-order valence-corrected chi connectivity index (χ4v) is 3.56. The fourth-order valence-electron chi connectivity index (χ4n) is 3.35. The maximum absolute atomic E-state index is 6.49. The maximum Gasteiger partial charge on any atom is 0.0847 e. The van der Waals surface area contributed by atoms with Crippen LogP contribution in [0.1, 0.15) is 57.8 Å². The van der Waals surface area contributed by atoms with Crippen molar-refractivity contribution in [2.75, 3.05) is 6.54 Å². The molecule has 0 atom stereocenters. The Morgan fingerprint density at radius 1 is 1.35 bits per heavy atom. The number of rotatable bonds is 6. The van der Waals surface area contributed by atoms with Crippen LogP contribution in [0.4, 0.5) is 0 Å². The van der Waals surface area contributed by atoms with Crippen LogP contribution in [-0.4, -0.2) is 22.4 Å². The molecule has 0 radical (unpaired) electrons. The zero-order valence-electron chi connectivity index (χ0n) is 13.3. The minimum atomic E-state index is 0.368. The quantitative estimate of drug-likeness (QED) is 0.861. The van der Waals surface area contributed by atoms with Gasteiger partial charge in [-0.2, -0.15) is 5.10 Å². The molecule has 3 nitrogen and oxygen atoms in total. The summed E-state index contributed by atoms with van der Waals surface area (Å²) in [5, 5.41) is 9.08. The van der Waals surface area contributed by atoms with E-state index in [-0.39, 0.29) is 0 Å². The van der Waals surface area contributed by atoms with Gasteiger partial charge >= 0.3 is 0 Å². The summed E-state index contributed by atoms with van der Waals surface area (Å²) in [7, 11) is 0. The Kier molecular flexibility index (Phi) is 5.14. The van der Waals surface area contributed by atoms with Crippen LogP contribution in [0.25, 0.3) is 0 Å². The van der Waals surface area contributed by atoms with Gasteiger partial charge in [0, 0.05) is 19.1 Å². The highest BCUT2D eigenvalue weighted by Gasteiger charge is 2.35. The molecule has 1 fully saturated rings. The number of nitrogens with zero attached hydrogens (tertiary/aromatic N) is 2. The molecule has 1 aliphatic rings. The number of nitrogens with one attached hydrogen (secondary N) is 1. The van der Waals surface area contributed by atoms with Crippen molar-refractivity contribution in [2.45, 2.75) is 72.4 Å². The number of hydrogen-bond acceptors (Lipinski definition) is 2. The van der Waals surface area contributed by atoms with E-state index in [1.54, 1.807) is 0 Å². The van der Waals surface area contributed by atoms with E-state index in [0.29, 0.717) is 11.5 Å². The Morgan fingerprint density at radius 2 is 2.00 bits per heavy atom. The predicted octanol–water partition coefficient (Wildman–Crippen LogP) is 3.97. The largest absolute Gasteiger partial charge is 0.314 e. The lowest BCUT2D eigenvalue weighted by molar-refractivity contribution is 0.262. The molecule has 2 rings (SSSR count). The number of aromatic nitrogens is 2. The first-order valence-corrected chi connectivity index (χ1v) is 8.30. The number of hydrogen-bond donors (Lipinski definition) is 1. The summed E-state index contributed by atoms with van der Waals surface area (Å²) < 4.78 is 2.09. The van der Waals surface area contributed by atoms with Crippen molar-refractivity contribution < 1.29 is 0 Å². The number of halogens is 1. The molecule has 0 aliphatic heterocycles. The highest BCUT2D eigenvalue weighted by atomic mass is 35.5. The normalized spacial score (nSPS) is 18.1. The zero-order chi connectivity index (χ0) is 14.8. The van der Waals surface area contributed by atoms with E-state index >= 15 is 0 Å². The molecule has 0 amide bonds. The molecule has 1 saturated carbocycles. The van der Waals surface area contributed by atoms with Gasteiger partial charge in [0.1, 0.15) is 0 Å².